The van der Waals surface area contributed by atoms with Crippen LogP contribution >= 0.6 is 11.6 Å². The van der Waals surface area contributed by atoms with Gasteiger partial charge < -0.3 is 15.2 Å². The first-order valence-electron chi connectivity index (χ1n) is 6.39. The molecular weight excluding hydrogens is 266 g/mol. The molecule has 0 spiro atoms. The Hall–Kier alpha value is -1.42. The molecule has 1 aromatic carbocycles. The van der Waals surface area contributed by atoms with Crippen molar-refractivity contribution in [2.45, 2.75) is 25.3 Å². The van der Waals surface area contributed by atoms with Gasteiger partial charge in [-0.1, -0.05) is 6.42 Å². The first-order valence-corrected chi connectivity index (χ1v) is 6.93. The summed E-state index contributed by atoms with van der Waals surface area (Å²) in [6.07, 6.45) is 3.11. The van der Waals surface area contributed by atoms with Crippen molar-refractivity contribution >= 4 is 17.5 Å². The summed E-state index contributed by atoms with van der Waals surface area (Å²) in [5, 5.41) is 12.7. The highest BCUT2D eigenvalue weighted by Gasteiger charge is 2.28. The van der Waals surface area contributed by atoms with Crippen LogP contribution in [0.3, 0.4) is 0 Å². The summed E-state index contributed by atoms with van der Waals surface area (Å²) in [6.45, 7) is 0. The number of phenolic OH excluding ortho intramolecular Hbond substituents is 1. The standard InChI is InChI=1S/C14H18ClNO3/c1-19-13-6-5-9(7-12(13)17)14(18)16-11-4-2-3-10(11)8-15/h5-7,10-11,17H,2-4,8H2,1H3,(H,16,18). The van der Waals surface area contributed by atoms with Crippen molar-refractivity contribution in [3.63, 3.8) is 0 Å². The van der Waals surface area contributed by atoms with E-state index in [2.05, 4.69) is 5.32 Å². The molecule has 4 nitrogen and oxygen atoms in total. The molecule has 1 saturated carbocycles. The zero-order chi connectivity index (χ0) is 13.8. The molecule has 0 radical (unpaired) electrons. The van der Waals surface area contributed by atoms with Crippen LogP contribution in [0.1, 0.15) is 29.6 Å². The maximum Gasteiger partial charge on any atom is 0.251 e. The van der Waals surface area contributed by atoms with Gasteiger partial charge in [0.2, 0.25) is 0 Å². The Balaban J connectivity index is 2.05. The van der Waals surface area contributed by atoms with Crippen molar-refractivity contribution in [1.29, 1.82) is 0 Å². The van der Waals surface area contributed by atoms with Crippen molar-refractivity contribution in [1.82, 2.24) is 5.32 Å². The highest BCUT2D eigenvalue weighted by molar-refractivity contribution is 6.18. The maximum atomic E-state index is 12.1. The minimum atomic E-state index is -0.181. The van der Waals surface area contributed by atoms with Crippen LogP contribution in [0.4, 0.5) is 0 Å². The predicted octanol–water partition coefficient (Wildman–Crippen LogP) is 2.54. The Bertz CT molecular complexity index is 464. The average Bonchev–Trinajstić information content (AvgIpc) is 2.85. The molecule has 0 aliphatic heterocycles. The fourth-order valence-electron chi connectivity index (χ4n) is 2.49. The van der Waals surface area contributed by atoms with E-state index >= 15 is 0 Å². The number of phenols is 1. The number of alkyl halides is 1. The second-order valence-corrected chi connectivity index (χ2v) is 5.12. The summed E-state index contributed by atoms with van der Waals surface area (Å²) in [6, 6.07) is 4.77. The largest absolute Gasteiger partial charge is 0.504 e. The Morgan fingerprint density at radius 1 is 1.53 bits per heavy atom. The third-order valence-electron chi connectivity index (χ3n) is 3.61. The Labute approximate surface area is 117 Å². The van der Waals surface area contributed by atoms with Crippen molar-refractivity contribution < 1.29 is 14.6 Å². The van der Waals surface area contributed by atoms with Gasteiger partial charge in [-0.15, -0.1) is 11.6 Å². The molecule has 0 saturated heterocycles. The van der Waals surface area contributed by atoms with Crippen LogP contribution in [0, 0.1) is 5.92 Å². The number of methoxy groups -OCH3 is 1. The number of amides is 1. The summed E-state index contributed by atoms with van der Waals surface area (Å²) < 4.78 is 4.95. The Morgan fingerprint density at radius 3 is 2.95 bits per heavy atom. The van der Waals surface area contributed by atoms with E-state index in [0.29, 0.717) is 23.1 Å². The van der Waals surface area contributed by atoms with Crippen LogP contribution in [-0.4, -0.2) is 30.0 Å². The van der Waals surface area contributed by atoms with E-state index in [1.807, 2.05) is 0 Å². The molecule has 2 atom stereocenters. The smallest absolute Gasteiger partial charge is 0.251 e. The van der Waals surface area contributed by atoms with Crippen LogP contribution in [0.25, 0.3) is 0 Å². The molecule has 19 heavy (non-hydrogen) atoms. The van der Waals surface area contributed by atoms with Crippen molar-refractivity contribution in [3.8, 4) is 11.5 Å². The van der Waals surface area contributed by atoms with Crippen LogP contribution in [0.15, 0.2) is 18.2 Å². The summed E-state index contributed by atoms with van der Waals surface area (Å²) in [5.74, 6) is 1.06. The second-order valence-electron chi connectivity index (χ2n) is 4.81. The molecular formula is C14H18ClNO3. The number of aromatic hydroxyl groups is 1. The van der Waals surface area contributed by atoms with E-state index < -0.39 is 0 Å². The summed E-state index contributed by atoms with van der Waals surface area (Å²) >= 11 is 5.89. The van der Waals surface area contributed by atoms with Crippen LogP contribution in [0.5, 0.6) is 11.5 Å². The van der Waals surface area contributed by atoms with Gasteiger partial charge in [-0.05, 0) is 37.0 Å². The minimum Gasteiger partial charge on any atom is -0.504 e. The lowest BCUT2D eigenvalue weighted by Gasteiger charge is -2.19. The molecule has 0 heterocycles. The molecule has 1 fully saturated rings. The quantitative estimate of drug-likeness (QED) is 0.835. The molecule has 2 N–H and O–H groups in total. The van der Waals surface area contributed by atoms with Crippen molar-refractivity contribution in [3.05, 3.63) is 23.8 Å². The summed E-state index contributed by atoms with van der Waals surface area (Å²) in [7, 11) is 1.47. The van der Waals surface area contributed by atoms with Gasteiger partial charge >= 0.3 is 0 Å². The summed E-state index contributed by atoms with van der Waals surface area (Å²) in [5.41, 5.74) is 0.429. The molecule has 1 aliphatic rings. The van der Waals surface area contributed by atoms with Gasteiger partial charge in [-0.2, -0.15) is 0 Å². The fourth-order valence-corrected chi connectivity index (χ4v) is 2.86. The third-order valence-corrected chi connectivity index (χ3v) is 4.01. The Morgan fingerprint density at radius 2 is 2.32 bits per heavy atom. The number of rotatable bonds is 4. The topological polar surface area (TPSA) is 58.6 Å². The van der Waals surface area contributed by atoms with Gasteiger partial charge in [-0.25, -0.2) is 0 Å². The number of hydrogen-bond donors (Lipinski definition) is 2. The molecule has 1 amide bonds. The molecule has 0 aromatic heterocycles. The number of benzene rings is 1. The zero-order valence-electron chi connectivity index (χ0n) is 10.9. The van der Waals surface area contributed by atoms with Gasteiger partial charge in [0.1, 0.15) is 0 Å². The molecule has 1 aromatic rings. The van der Waals surface area contributed by atoms with E-state index in [4.69, 9.17) is 16.3 Å². The van der Waals surface area contributed by atoms with Gasteiger partial charge in [0, 0.05) is 17.5 Å². The molecule has 1 aliphatic carbocycles. The zero-order valence-corrected chi connectivity index (χ0v) is 11.6. The first-order chi connectivity index (χ1) is 9.15. The SMILES string of the molecule is COc1ccc(C(=O)NC2CCCC2CCl)cc1O. The van der Waals surface area contributed by atoms with Crippen LogP contribution in [-0.2, 0) is 0 Å². The number of nitrogens with one attached hydrogen (secondary N) is 1. The minimum absolute atomic E-state index is 0.0320. The lowest BCUT2D eigenvalue weighted by atomic mass is 10.1. The molecule has 2 rings (SSSR count). The first kappa shape index (κ1) is 14.0. The van der Waals surface area contributed by atoms with Gasteiger partial charge in [0.05, 0.1) is 7.11 Å². The highest BCUT2D eigenvalue weighted by atomic mass is 35.5. The molecule has 5 heteroatoms. The van der Waals surface area contributed by atoms with E-state index in [1.165, 1.54) is 13.2 Å². The predicted molar refractivity (Wildman–Crippen MR) is 74.0 cm³/mol. The van der Waals surface area contributed by atoms with Gasteiger partial charge in [-0.3, -0.25) is 4.79 Å². The van der Waals surface area contributed by atoms with E-state index in [-0.39, 0.29) is 17.7 Å². The maximum absolute atomic E-state index is 12.1. The third kappa shape index (κ3) is 3.13. The Kier molecular flexibility index (Phi) is 4.53. The number of hydrogen-bond acceptors (Lipinski definition) is 3. The molecule has 104 valence electrons. The average molecular weight is 284 g/mol. The summed E-state index contributed by atoms with van der Waals surface area (Å²) in [4.78, 5) is 12.1. The van der Waals surface area contributed by atoms with Crippen LogP contribution in [0.2, 0.25) is 0 Å². The molecule has 0 bridgehead atoms. The van der Waals surface area contributed by atoms with E-state index in [1.54, 1.807) is 12.1 Å². The fraction of sp³-hybridized carbons (Fsp3) is 0.500. The van der Waals surface area contributed by atoms with Gasteiger partial charge in [0.25, 0.3) is 5.91 Å². The highest BCUT2D eigenvalue weighted by Crippen LogP contribution is 2.28. The van der Waals surface area contributed by atoms with E-state index in [0.717, 1.165) is 19.3 Å². The number of ether oxygens (including phenoxy) is 1. The van der Waals surface area contributed by atoms with Crippen molar-refractivity contribution in [2.75, 3.05) is 13.0 Å². The number of halogens is 1. The van der Waals surface area contributed by atoms with Gasteiger partial charge in [0.15, 0.2) is 11.5 Å². The van der Waals surface area contributed by atoms with Crippen molar-refractivity contribution in [2.24, 2.45) is 5.92 Å². The lowest BCUT2D eigenvalue weighted by Crippen LogP contribution is -2.37. The number of carbonyl (C=O) groups is 1. The second kappa shape index (κ2) is 6.15. The monoisotopic (exact) mass is 283 g/mol. The van der Waals surface area contributed by atoms with Crippen LogP contribution < -0.4 is 10.1 Å². The van der Waals surface area contributed by atoms with E-state index in [9.17, 15) is 9.90 Å². The lowest BCUT2D eigenvalue weighted by molar-refractivity contribution is 0.0929. The normalized spacial score (nSPS) is 22.2. The molecule has 2 unspecified atom stereocenters. The number of carbonyl (C=O) groups excluding carboxylic acids is 1.